The van der Waals surface area contributed by atoms with Crippen LogP contribution in [0.4, 0.5) is 0 Å². The van der Waals surface area contributed by atoms with E-state index >= 15 is 0 Å². The van der Waals surface area contributed by atoms with E-state index in [1.807, 2.05) is 20.8 Å². The first kappa shape index (κ1) is 21.6. The number of rotatable bonds is 14. The van der Waals surface area contributed by atoms with E-state index in [1.54, 1.807) is 6.92 Å². The molecule has 0 aliphatic heterocycles. The van der Waals surface area contributed by atoms with Crippen LogP contribution in [0.2, 0.25) is 0 Å². The Morgan fingerprint density at radius 1 is 0.909 bits per heavy atom. The molecule has 1 atom stereocenters. The second-order valence-electron chi connectivity index (χ2n) is 5.54. The third-order valence-corrected chi connectivity index (χ3v) is 5.65. The van der Waals surface area contributed by atoms with Crippen LogP contribution in [-0.4, -0.2) is 31.4 Å². The van der Waals surface area contributed by atoms with Crippen LogP contribution < -0.4 is 0 Å². The summed E-state index contributed by atoms with van der Waals surface area (Å²) < 4.78 is 29.1. The Labute approximate surface area is 135 Å². The lowest BCUT2D eigenvalue weighted by molar-refractivity contribution is -0.143. The van der Waals surface area contributed by atoms with Crippen LogP contribution in [0.3, 0.4) is 0 Å². The number of hydrogen-bond acceptors (Lipinski definition) is 5. The van der Waals surface area contributed by atoms with Crippen LogP contribution in [0, 0.1) is 0 Å². The van der Waals surface area contributed by atoms with Gasteiger partial charge in [0.2, 0.25) is 0 Å². The number of carbonyl (C=O) groups is 1. The molecule has 6 heteroatoms. The molecule has 0 aromatic rings. The Morgan fingerprint density at radius 3 is 1.82 bits per heavy atom. The van der Waals surface area contributed by atoms with Gasteiger partial charge >= 0.3 is 13.6 Å². The van der Waals surface area contributed by atoms with Crippen LogP contribution in [0.5, 0.6) is 0 Å². The second-order valence-corrected chi connectivity index (χ2v) is 8.02. The monoisotopic (exact) mass is 336 g/mol. The highest BCUT2D eigenvalue weighted by Gasteiger charge is 2.34. The van der Waals surface area contributed by atoms with Crippen LogP contribution >= 0.6 is 7.60 Å². The minimum absolute atomic E-state index is 0.0687. The van der Waals surface area contributed by atoms with E-state index in [1.165, 1.54) is 0 Å². The molecule has 0 saturated carbocycles. The number of unbranched alkanes of at least 4 members (excludes halogenated alkanes) is 3. The highest BCUT2D eigenvalue weighted by Crippen LogP contribution is 2.54. The molecule has 0 bridgehead atoms. The van der Waals surface area contributed by atoms with Crippen LogP contribution in [0.25, 0.3) is 0 Å². The zero-order valence-corrected chi connectivity index (χ0v) is 15.5. The van der Waals surface area contributed by atoms with Gasteiger partial charge in [-0.25, -0.2) is 0 Å². The van der Waals surface area contributed by atoms with Gasteiger partial charge in [-0.2, -0.15) is 0 Å². The molecule has 0 aliphatic carbocycles. The molecule has 5 nitrogen and oxygen atoms in total. The molecule has 0 radical (unpaired) electrons. The lowest BCUT2D eigenvalue weighted by Crippen LogP contribution is -2.17. The molecule has 0 N–H and O–H groups in total. The molecule has 0 aromatic carbocycles. The van der Waals surface area contributed by atoms with Gasteiger partial charge in [0.1, 0.15) is 0 Å². The van der Waals surface area contributed by atoms with Gasteiger partial charge in [0, 0.05) is 0 Å². The SMILES string of the molecule is CCCCOC(=O)C[C@@H](C)P(=O)(OCCCC)OCCCC. The van der Waals surface area contributed by atoms with Gasteiger partial charge in [-0.15, -0.1) is 0 Å². The van der Waals surface area contributed by atoms with Crippen LogP contribution in [0.1, 0.15) is 72.6 Å². The minimum Gasteiger partial charge on any atom is -0.466 e. The molecule has 0 aliphatic rings. The Morgan fingerprint density at radius 2 is 1.36 bits per heavy atom. The molecule has 0 spiro atoms. The fourth-order valence-electron chi connectivity index (χ4n) is 1.71. The van der Waals surface area contributed by atoms with Crippen molar-refractivity contribution < 1.29 is 23.1 Å². The second kappa shape index (κ2) is 13.1. The summed E-state index contributed by atoms with van der Waals surface area (Å²) in [5.74, 6) is -0.334. The quantitative estimate of drug-likeness (QED) is 0.255. The van der Waals surface area contributed by atoms with Crippen molar-refractivity contribution in [3.63, 3.8) is 0 Å². The molecule has 132 valence electrons. The number of carbonyl (C=O) groups excluding carboxylic acids is 1. The van der Waals surface area contributed by atoms with Crippen molar-refractivity contribution >= 4 is 13.6 Å². The van der Waals surface area contributed by atoms with Crippen molar-refractivity contribution in [2.45, 2.75) is 78.3 Å². The number of hydrogen-bond donors (Lipinski definition) is 0. The molecular weight excluding hydrogens is 303 g/mol. The van der Waals surface area contributed by atoms with Crippen molar-refractivity contribution in [2.75, 3.05) is 19.8 Å². The summed E-state index contributed by atoms with van der Waals surface area (Å²) in [6, 6.07) is 0. The molecule has 0 saturated heterocycles. The van der Waals surface area contributed by atoms with Gasteiger partial charge in [-0.3, -0.25) is 9.36 Å². The van der Waals surface area contributed by atoms with E-state index < -0.39 is 13.3 Å². The summed E-state index contributed by atoms with van der Waals surface area (Å²) in [5, 5.41) is 0. The average Bonchev–Trinajstić information content (AvgIpc) is 2.48. The van der Waals surface area contributed by atoms with Gasteiger partial charge in [0.25, 0.3) is 0 Å². The highest BCUT2D eigenvalue weighted by atomic mass is 31.2. The van der Waals surface area contributed by atoms with Gasteiger partial charge < -0.3 is 13.8 Å². The van der Waals surface area contributed by atoms with Crippen molar-refractivity contribution in [3.05, 3.63) is 0 Å². The molecule has 0 unspecified atom stereocenters. The summed E-state index contributed by atoms with van der Waals surface area (Å²) in [5.41, 5.74) is -0.477. The first-order valence-electron chi connectivity index (χ1n) is 8.54. The maximum absolute atomic E-state index is 12.9. The van der Waals surface area contributed by atoms with Crippen molar-refractivity contribution in [1.29, 1.82) is 0 Å². The van der Waals surface area contributed by atoms with E-state index in [0.717, 1.165) is 38.5 Å². The average molecular weight is 336 g/mol. The molecule has 0 aromatic heterocycles. The Balaban J connectivity index is 4.48. The summed E-state index contributed by atoms with van der Waals surface area (Å²) in [4.78, 5) is 11.8. The molecule has 0 heterocycles. The minimum atomic E-state index is -3.26. The molecule has 0 amide bonds. The Hall–Kier alpha value is -0.380. The first-order valence-corrected chi connectivity index (χ1v) is 10.2. The third-order valence-electron chi connectivity index (χ3n) is 3.30. The number of ether oxygens (including phenoxy) is 1. The molecule has 22 heavy (non-hydrogen) atoms. The maximum atomic E-state index is 12.9. The van der Waals surface area contributed by atoms with Crippen molar-refractivity contribution in [3.8, 4) is 0 Å². The summed E-state index contributed by atoms with van der Waals surface area (Å²) in [6.07, 6.45) is 5.47. The van der Waals surface area contributed by atoms with E-state index in [0.29, 0.717) is 19.8 Å². The van der Waals surface area contributed by atoms with Crippen molar-refractivity contribution in [1.82, 2.24) is 0 Å². The summed E-state index contributed by atoms with van der Waals surface area (Å²) in [6.45, 7) is 9.07. The topological polar surface area (TPSA) is 61.8 Å². The Bertz CT molecular complexity index is 318. The predicted molar refractivity (Wildman–Crippen MR) is 89.3 cm³/mol. The summed E-state index contributed by atoms with van der Waals surface area (Å²) >= 11 is 0. The zero-order valence-electron chi connectivity index (χ0n) is 14.6. The van der Waals surface area contributed by atoms with E-state index in [-0.39, 0.29) is 12.4 Å². The lowest BCUT2D eigenvalue weighted by Gasteiger charge is -2.24. The largest absolute Gasteiger partial charge is 0.466 e. The first-order chi connectivity index (χ1) is 10.5. The maximum Gasteiger partial charge on any atom is 0.334 e. The van der Waals surface area contributed by atoms with Crippen LogP contribution in [0.15, 0.2) is 0 Å². The molecule has 0 fully saturated rings. The smallest absolute Gasteiger partial charge is 0.334 e. The lowest BCUT2D eigenvalue weighted by atomic mass is 10.3. The molecular formula is C16H33O5P. The van der Waals surface area contributed by atoms with Gasteiger partial charge in [0.15, 0.2) is 0 Å². The standard InChI is InChI=1S/C16H33O5P/c1-5-8-11-19-16(17)14-15(4)22(18,20-12-9-6-2)21-13-10-7-3/h15H,5-14H2,1-4H3/t15-/m1/s1. The van der Waals surface area contributed by atoms with Crippen LogP contribution in [-0.2, 0) is 23.1 Å². The normalized spacial score (nSPS) is 13.1. The number of esters is 1. The third kappa shape index (κ3) is 9.60. The zero-order chi connectivity index (χ0) is 16.8. The highest BCUT2D eigenvalue weighted by molar-refractivity contribution is 7.54. The van der Waals surface area contributed by atoms with E-state index in [2.05, 4.69) is 0 Å². The van der Waals surface area contributed by atoms with Gasteiger partial charge in [-0.05, 0) is 19.3 Å². The fourth-order valence-corrected chi connectivity index (χ4v) is 3.43. The van der Waals surface area contributed by atoms with E-state index in [9.17, 15) is 9.36 Å². The summed E-state index contributed by atoms with van der Waals surface area (Å²) in [7, 11) is -3.26. The van der Waals surface area contributed by atoms with Crippen molar-refractivity contribution in [2.24, 2.45) is 0 Å². The predicted octanol–water partition coefficient (Wildman–Crippen LogP) is 4.93. The van der Waals surface area contributed by atoms with E-state index in [4.69, 9.17) is 13.8 Å². The fraction of sp³-hybridized carbons (Fsp3) is 0.938. The Kier molecular flexibility index (Phi) is 12.9. The van der Waals surface area contributed by atoms with Gasteiger partial charge in [-0.1, -0.05) is 47.0 Å². The molecule has 0 rings (SSSR count). The van der Waals surface area contributed by atoms with Gasteiger partial charge in [0.05, 0.1) is 31.9 Å².